The zero-order valence-corrected chi connectivity index (χ0v) is 19.8. The molecule has 0 saturated carbocycles. The normalized spacial score (nSPS) is 24.1. The topological polar surface area (TPSA) is 92.2 Å². The van der Waals surface area contributed by atoms with Crippen LogP contribution >= 0.6 is 0 Å². The Bertz CT molecular complexity index is 1360. The van der Waals surface area contributed by atoms with Gasteiger partial charge in [0.25, 0.3) is 11.8 Å². The van der Waals surface area contributed by atoms with Gasteiger partial charge in [0.1, 0.15) is 0 Å². The Kier molecular flexibility index (Phi) is 4.81. The van der Waals surface area contributed by atoms with E-state index in [4.69, 9.17) is 0 Å². The van der Waals surface area contributed by atoms with Gasteiger partial charge in [-0.2, -0.15) is 0 Å². The summed E-state index contributed by atoms with van der Waals surface area (Å²) < 4.78 is 0. The molecule has 2 fully saturated rings. The van der Waals surface area contributed by atoms with E-state index in [0.717, 1.165) is 17.5 Å². The van der Waals surface area contributed by atoms with Crippen molar-refractivity contribution in [3.8, 4) is 0 Å². The SMILES string of the molecule is CC12CN(C(=O)c3ccc4nccnc4c3)CC(C)(CN(C(=O)c3ccc4nccnc4c3)C1)C2. The minimum absolute atomic E-state index is 0.00239. The maximum absolute atomic E-state index is 13.5. The lowest BCUT2D eigenvalue weighted by Crippen LogP contribution is -2.64. The van der Waals surface area contributed by atoms with E-state index in [0.29, 0.717) is 48.3 Å². The number of hydrogen-bond acceptors (Lipinski definition) is 6. The van der Waals surface area contributed by atoms with Crippen molar-refractivity contribution in [1.29, 1.82) is 0 Å². The van der Waals surface area contributed by atoms with Crippen LogP contribution in [-0.4, -0.2) is 67.7 Å². The highest BCUT2D eigenvalue weighted by molar-refractivity contribution is 5.98. The molecule has 8 nitrogen and oxygen atoms in total. The number of likely N-dealkylation sites (tertiary alicyclic amines) is 2. The first-order valence-electron chi connectivity index (χ1n) is 11.8. The van der Waals surface area contributed by atoms with Crippen LogP contribution in [0.1, 0.15) is 41.0 Å². The van der Waals surface area contributed by atoms with Crippen molar-refractivity contribution in [1.82, 2.24) is 29.7 Å². The minimum Gasteiger partial charge on any atom is -0.337 e. The first-order chi connectivity index (χ1) is 16.8. The van der Waals surface area contributed by atoms with Gasteiger partial charge in [-0.15, -0.1) is 0 Å². The highest BCUT2D eigenvalue weighted by Crippen LogP contribution is 2.46. The monoisotopic (exact) mass is 466 g/mol. The fourth-order valence-electron chi connectivity index (χ4n) is 6.15. The lowest BCUT2D eigenvalue weighted by molar-refractivity contribution is -0.0538. The van der Waals surface area contributed by atoms with Crippen molar-refractivity contribution in [2.75, 3.05) is 26.2 Å². The second-order valence-corrected chi connectivity index (χ2v) is 10.6. The number of amides is 2. The van der Waals surface area contributed by atoms with Gasteiger partial charge in [-0.25, -0.2) is 0 Å². The van der Waals surface area contributed by atoms with Gasteiger partial charge in [0.2, 0.25) is 0 Å². The Hall–Kier alpha value is -3.94. The molecule has 0 N–H and O–H groups in total. The molecule has 2 amide bonds. The third-order valence-electron chi connectivity index (χ3n) is 7.15. The van der Waals surface area contributed by atoms with Gasteiger partial charge < -0.3 is 9.80 Å². The molecule has 4 aromatic rings. The van der Waals surface area contributed by atoms with Crippen LogP contribution in [0.2, 0.25) is 0 Å². The lowest BCUT2D eigenvalue weighted by Gasteiger charge is -2.56. The molecule has 2 saturated heterocycles. The first-order valence-corrected chi connectivity index (χ1v) is 11.8. The highest BCUT2D eigenvalue weighted by Gasteiger charge is 2.50. The van der Waals surface area contributed by atoms with E-state index in [2.05, 4.69) is 33.8 Å². The first kappa shape index (κ1) is 21.6. The third kappa shape index (κ3) is 3.88. The van der Waals surface area contributed by atoms with Crippen molar-refractivity contribution >= 4 is 33.9 Å². The van der Waals surface area contributed by atoms with Crippen molar-refractivity contribution in [2.24, 2.45) is 10.8 Å². The molecule has 2 aliphatic heterocycles. The molecule has 0 atom stereocenters. The van der Waals surface area contributed by atoms with Crippen LogP contribution in [0.4, 0.5) is 0 Å². The lowest BCUT2D eigenvalue weighted by atomic mass is 9.65. The van der Waals surface area contributed by atoms with Crippen molar-refractivity contribution in [2.45, 2.75) is 20.3 Å². The maximum Gasteiger partial charge on any atom is 0.253 e. The van der Waals surface area contributed by atoms with E-state index in [9.17, 15) is 9.59 Å². The summed E-state index contributed by atoms with van der Waals surface area (Å²) in [6, 6.07) is 11.0. The fraction of sp³-hybridized carbons (Fsp3) is 0.333. The van der Waals surface area contributed by atoms with Gasteiger partial charge >= 0.3 is 0 Å². The number of rotatable bonds is 2. The van der Waals surface area contributed by atoms with E-state index >= 15 is 0 Å². The summed E-state index contributed by atoms with van der Waals surface area (Å²) in [4.78, 5) is 48.2. The Labute approximate surface area is 203 Å². The van der Waals surface area contributed by atoms with Crippen molar-refractivity contribution in [3.63, 3.8) is 0 Å². The summed E-state index contributed by atoms with van der Waals surface area (Å²) in [7, 11) is 0. The summed E-state index contributed by atoms with van der Waals surface area (Å²) in [6.45, 7) is 6.78. The molecule has 2 bridgehead atoms. The molecule has 2 aromatic carbocycles. The van der Waals surface area contributed by atoms with E-state index in [-0.39, 0.29) is 22.6 Å². The maximum atomic E-state index is 13.5. The van der Waals surface area contributed by atoms with E-state index in [1.54, 1.807) is 24.8 Å². The summed E-state index contributed by atoms with van der Waals surface area (Å²) in [5.74, 6) is 0.00478. The number of carbonyl (C=O) groups is 2. The molecule has 0 aliphatic carbocycles. The zero-order valence-electron chi connectivity index (χ0n) is 19.8. The van der Waals surface area contributed by atoms with Crippen LogP contribution in [-0.2, 0) is 0 Å². The number of nitrogens with zero attached hydrogens (tertiary/aromatic N) is 6. The zero-order chi connectivity index (χ0) is 24.2. The number of carbonyl (C=O) groups excluding carboxylic acids is 2. The predicted octanol–water partition coefficient (Wildman–Crippen LogP) is 3.59. The number of benzene rings is 2. The molecule has 0 unspecified atom stereocenters. The second-order valence-electron chi connectivity index (χ2n) is 10.6. The highest BCUT2D eigenvalue weighted by atomic mass is 16.2. The van der Waals surface area contributed by atoms with Crippen LogP contribution in [0, 0.1) is 10.8 Å². The number of fused-ring (bicyclic) bond motifs is 4. The van der Waals surface area contributed by atoms with Gasteiger partial charge in [0.15, 0.2) is 0 Å². The van der Waals surface area contributed by atoms with Gasteiger partial charge in [0.05, 0.1) is 22.1 Å². The van der Waals surface area contributed by atoms with Gasteiger partial charge in [-0.1, -0.05) is 13.8 Å². The molecule has 4 heterocycles. The summed E-state index contributed by atoms with van der Waals surface area (Å²) in [5, 5.41) is 0. The number of hydrogen-bond donors (Lipinski definition) is 0. The average molecular weight is 467 g/mol. The smallest absolute Gasteiger partial charge is 0.253 e. The number of aromatic nitrogens is 4. The molecular weight excluding hydrogens is 440 g/mol. The molecule has 0 spiro atoms. The average Bonchev–Trinajstić information content (AvgIpc) is 2.85. The molecule has 2 aromatic heterocycles. The van der Waals surface area contributed by atoms with Crippen LogP contribution in [0.15, 0.2) is 61.2 Å². The van der Waals surface area contributed by atoms with Crippen LogP contribution in [0.5, 0.6) is 0 Å². The van der Waals surface area contributed by atoms with Crippen LogP contribution in [0.3, 0.4) is 0 Å². The summed E-state index contributed by atoms with van der Waals surface area (Å²) >= 11 is 0. The van der Waals surface area contributed by atoms with Crippen molar-refractivity contribution in [3.05, 3.63) is 72.3 Å². The van der Waals surface area contributed by atoms with Crippen molar-refractivity contribution < 1.29 is 9.59 Å². The Balaban J connectivity index is 1.24. The van der Waals surface area contributed by atoms with Crippen LogP contribution in [0.25, 0.3) is 22.1 Å². The predicted molar refractivity (Wildman–Crippen MR) is 132 cm³/mol. The number of piperidine rings is 2. The summed E-state index contributed by atoms with van der Waals surface area (Å²) in [6.07, 6.45) is 7.54. The van der Waals surface area contributed by atoms with Gasteiger partial charge in [-0.3, -0.25) is 29.5 Å². The van der Waals surface area contributed by atoms with Gasteiger partial charge in [-0.05, 0) is 42.8 Å². The van der Waals surface area contributed by atoms with E-state index in [1.807, 2.05) is 46.2 Å². The van der Waals surface area contributed by atoms with Crippen LogP contribution < -0.4 is 0 Å². The van der Waals surface area contributed by atoms with Gasteiger partial charge in [0, 0.05) is 72.9 Å². The van der Waals surface area contributed by atoms with E-state index in [1.165, 1.54) is 0 Å². The Morgan fingerprint density at radius 3 is 1.40 bits per heavy atom. The molecule has 0 radical (unpaired) electrons. The molecule has 2 aliphatic rings. The third-order valence-corrected chi connectivity index (χ3v) is 7.15. The molecule has 6 rings (SSSR count). The standard InChI is InChI=1S/C27H26N6O2/c1-26-13-27(2,16-32(14-26)24(34)18-3-5-20-22(11-18)30-9-7-28-20)17-33(15-26)25(35)19-4-6-21-23(12-19)31-10-8-29-21/h3-12H,13-17H2,1-2H3. The molecular formula is C27H26N6O2. The Morgan fingerprint density at radius 1 is 0.629 bits per heavy atom. The fourth-order valence-corrected chi connectivity index (χ4v) is 6.15. The summed E-state index contributed by atoms with van der Waals surface area (Å²) in [5.41, 5.74) is 3.83. The molecule has 176 valence electrons. The molecule has 35 heavy (non-hydrogen) atoms. The minimum atomic E-state index is -0.191. The molecule has 8 heteroatoms. The van der Waals surface area contributed by atoms with E-state index < -0.39 is 0 Å². The second kappa shape index (κ2) is 7.80. The Morgan fingerprint density at radius 2 is 1.00 bits per heavy atom. The quantitative estimate of drug-likeness (QED) is 0.448. The largest absolute Gasteiger partial charge is 0.337 e.